The van der Waals surface area contributed by atoms with Crippen LogP contribution in [0.5, 0.6) is 0 Å². The molecule has 3 N–H and O–H groups in total. The third kappa shape index (κ3) is 3.65. The van der Waals surface area contributed by atoms with Gasteiger partial charge in [-0.05, 0) is 31.2 Å². The lowest BCUT2D eigenvalue weighted by molar-refractivity contribution is 0.313. The molecule has 0 saturated carbocycles. The molecule has 8 heteroatoms. The van der Waals surface area contributed by atoms with Gasteiger partial charge in [0.15, 0.2) is 0 Å². The minimum absolute atomic E-state index is 0.0113. The largest absolute Gasteiger partial charge is 0.409 e. The van der Waals surface area contributed by atoms with Gasteiger partial charge in [0.1, 0.15) is 11.7 Å². The second-order valence-electron chi connectivity index (χ2n) is 4.12. The maximum Gasteiger partial charge on any atom is 0.243 e. The first-order valence-corrected chi connectivity index (χ1v) is 6.93. The molecule has 0 fully saturated rings. The van der Waals surface area contributed by atoms with Crippen molar-refractivity contribution >= 4 is 15.9 Å². The molecule has 1 atom stereocenters. The van der Waals surface area contributed by atoms with Crippen LogP contribution < -0.4 is 5.73 Å². The number of amidine groups is 1. The standard InChI is InChI=1S/C11H16FN3O3S/c1-8(7-11(13)14-16)15(2)19(17,18)10-5-3-9(12)4-6-10/h3-6,8,16H,7H2,1-2H3,(H2,13,14). The predicted molar refractivity (Wildman–Crippen MR) is 68.8 cm³/mol. The molecule has 19 heavy (non-hydrogen) atoms. The number of rotatable bonds is 5. The summed E-state index contributed by atoms with van der Waals surface area (Å²) in [7, 11) is -2.35. The van der Waals surface area contributed by atoms with Crippen molar-refractivity contribution in [2.45, 2.75) is 24.3 Å². The molecule has 0 saturated heterocycles. The monoisotopic (exact) mass is 289 g/mol. The molecular formula is C11H16FN3O3S. The first-order valence-electron chi connectivity index (χ1n) is 5.49. The van der Waals surface area contributed by atoms with Crippen LogP contribution >= 0.6 is 0 Å². The average molecular weight is 289 g/mol. The molecule has 0 bridgehead atoms. The number of oxime groups is 1. The number of sulfonamides is 1. The van der Waals surface area contributed by atoms with E-state index in [1.807, 2.05) is 0 Å². The highest BCUT2D eigenvalue weighted by Crippen LogP contribution is 2.18. The Balaban J connectivity index is 2.96. The lowest BCUT2D eigenvalue weighted by atomic mass is 10.2. The van der Waals surface area contributed by atoms with Crippen molar-refractivity contribution in [1.29, 1.82) is 0 Å². The fourth-order valence-electron chi connectivity index (χ4n) is 1.48. The molecule has 0 amide bonds. The zero-order chi connectivity index (χ0) is 14.6. The molecular weight excluding hydrogens is 273 g/mol. The topological polar surface area (TPSA) is 96.0 Å². The number of benzene rings is 1. The van der Waals surface area contributed by atoms with Crippen molar-refractivity contribution in [3.63, 3.8) is 0 Å². The number of halogens is 1. The molecule has 6 nitrogen and oxygen atoms in total. The Morgan fingerprint density at radius 3 is 2.47 bits per heavy atom. The van der Waals surface area contributed by atoms with E-state index in [-0.39, 0.29) is 17.2 Å². The summed E-state index contributed by atoms with van der Waals surface area (Å²) in [5.74, 6) is -0.569. The van der Waals surface area contributed by atoms with E-state index in [0.717, 1.165) is 16.4 Å². The molecule has 0 spiro atoms. The summed E-state index contributed by atoms with van der Waals surface area (Å²) in [6, 6.07) is 4.05. The van der Waals surface area contributed by atoms with Crippen molar-refractivity contribution in [2.75, 3.05) is 7.05 Å². The van der Waals surface area contributed by atoms with E-state index >= 15 is 0 Å². The second-order valence-corrected chi connectivity index (χ2v) is 6.12. The number of hydrogen-bond acceptors (Lipinski definition) is 4. The first-order chi connectivity index (χ1) is 8.78. The quantitative estimate of drug-likeness (QED) is 0.365. The van der Waals surface area contributed by atoms with Crippen LogP contribution in [0.15, 0.2) is 34.3 Å². The van der Waals surface area contributed by atoms with Crippen molar-refractivity contribution in [2.24, 2.45) is 10.9 Å². The van der Waals surface area contributed by atoms with Gasteiger partial charge in [0, 0.05) is 19.5 Å². The molecule has 1 aromatic carbocycles. The van der Waals surface area contributed by atoms with E-state index in [9.17, 15) is 12.8 Å². The van der Waals surface area contributed by atoms with E-state index in [2.05, 4.69) is 5.16 Å². The molecule has 0 aliphatic heterocycles. The van der Waals surface area contributed by atoms with Gasteiger partial charge in [0.2, 0.25) is 10.0 Å². The van der Waals surface area contributed by atoms with Gasteiger partial charge in [-0.15, -0.1) is 0 Å². The Morgan fingerprint density at radius 2 is 2.00 bits per heavy atom. The van der Waals surface area contributed by atoms with Crippen molar-refractivity contribution in [3.8, 4) is 0 Å². The molecule has 0 aromatic heterocycles. The van der Waals surface area contributed by atoms with Gasteiger partial charge in [0.05, 0.1) is 4.90 Å². The molecule has 1 unspecified atom stereocenters. The first kappa shape index (κ1) is 15.4. The van der Waals surface area contributed by atoms with Crippen LogP contribution in [0.2, 0.25) is 0 Å². The van der Waals surface area contributed by atoms with E-state index < -0.39 is 21.9 Å². The second kappa shape index (κ2) is 5.98. The van der Waals surface area contributed by atoms with Gasteiger partial charge in [0.25, 0.3) is 0 Å². The van der Waals surface area contributed by atoms with Crippen LogP contribution in [0.4, 0.5) is 4.39 Å². The lowest BCUT2D eigenvalue weighted by Crippen LogP contribution is -2.37. The zero-order valence-electron chi connectivity index (χ0n) is 10.6. The van der Waals surface area contributed by atoms with Gasteiger partial charge in [-0.2, -0.15) is 4.31 Å². The predicted octanol–water partition coefficient (Wildman–Crippen LogP) is 0.971. The van der Waals surface area contributed by atoms with Crippen LogP contribution in [-0.4, -0.2) is 36.9 Å². The maximum absolute atomic E-state index is 12.8. The summed E-state index contributed by atoms with van der Waals surface area (Å²) < 4.78 is 38.3. The van der Waals surface area contributed by atoms with Gasteiger partial charge in [-0.1, -0.05) is 5.16 Å². The molecule has 0 radical (unpaired) electrons. The van der Waals surface area contributed by atoms with Gasteiger partial charge < -0.3 is 10.9 Å². The molecule has 0 aliphatic carbocycles. The minimum atomic E-state index is -3.73. The van der Waals surface area contributed by atoms with Gasteiger partial charge >= 0.3 is 0 Å². The summed E-state index contributed by atoms with van der Waals surface area (Å²) >= 11 is 0. The smallest absolute Gasteiger partial charge is 0.243 e. The molecule has 0 heterocycles. The Labute approximate surface area is 111 Å². The van der Waals surface area contributed by atoms with E-state index in [4.69, 9.17) is 10.9 Å². The lowest BCUT2D eigenvalue weighted by Gasteiger charge is -2.23. The summed E-state index contributed by atoms with van der Waals surface area (Å²) in [4.78, 5) is -0.0113. The van der Waals surface area contributed by atoms with Crippen LogP contribution in [0.1, 0.15) is 13.3 Å². The Bertz CT molecular complexity index is 557. The molecule has 0 aliphatic rings. The third-order valence-corrected chi connectivity index (χ3v) is 4.73. The average Bonchev–Trinajstić information content (AvgIpc) is 2.38. The zero-order valence-corrected chi connectivity index (χ0v) is 11.4. The van der Waals surface area contributed by atoms with Crippen molar-refractivity contribution in [3.05, 3.63) is 30.1 Å². The Morgan fingerprint density at radius 1 is 1.47 bits per heavy atom. The van der Waals surface area contributed by atoms with Crippen LogP contribution in [0.3, 0.4) is 0 Å². The number of nitrogens with two attached hydrogens (primary N) is 1. The SMILES string of the molecule is CC(CC(N)=NO)N(C)S(=O)(=O)c1ccc(F)cc1. The Hall–Kier alpha value is -1.67. The molecule has 1 rings (SSSR count). The highest BCUT2D eigenvalue weighted by Gasteiger charge is 2.25. The number of hydrogen-bond donors (Lipinski definition) is 2. The minimum Gasteiger partial charge on any atom is -0.409 e. The van der Waals surface area contributed by atoms with Gasteiger partial charge in [-0.25, -0.2) is 12.8 Å². The third-order valence-electron chi connectivity index (χ3n) is 2.74. The fraction of sp³-hybridized carbons (Fsp3) is 0.364. The van der Waals surface area contributed by atoms with E-state index in [0.29, 0.717) is 0 Å². The van der Waals surface area contributed by atoms with Crippen LogP contribution in [-0.2, 0) is 10.0 Å². The highest BCUT2D eigenvalue weighted by atomic mass is 32.2. The normalized spacial score (nSPS) is 14.6. The van der Waals surface area contributed by atoms with Crippen molar-refractivity contribution in [1.82, 2.24) is 4.31 Å². The van der Waals surface area contributed by atoms with E-state index in [1.54, 1.807) is 6.92 Å². The Kier molecular flexibility index (Phi) is 4.84. The fourth-order valence-corrected chi connectivity index (χ4v) is 2.84. The highest BCUT2D eigenvalue weighted by molar-refractivity contribution is 7.89. The maximum atomic E-state index is 12.8. The summed E-state index contributed by atoms with van der Waals surface area (Å²) in [6.07, 6.45) is 0.0907. The number of nitrogens with zero attached hydrogens (tertiary/aromatic N) is 2. The summed E-state index contributed by atoms with van der Waals surface area (Å²) in [6.45, 7) is 1.62. The molecule has 106 valence electrons. The van der Waals surface area contributed by atoms with Crippen LogP contribution in [0.25, 0.3) is 0 Å². The van der Waals surface area contributed by atoms with Crippen molar-refractivity contribution < 1.29 is 18.0 Å². The van der Waals surface area contributed by atoms with E-state index in [1.165, 1.54) is 19.2 Å². The molecule has 1 aromatic rings. The van der Waals surface area contributed by atoms with Crippen LogP contribution in [0, 0.1) is 5.82 Å². The summed E-state index contributed by atoms with van der Waals surface area (Å²) in [5.41, 5.74) is 5.34. The summed E-state index contributed by atoms with van der Waals surface area (Å²) in [5, 5.41) is 11.3. The van der Waals surface area contributed by atoms with Gasteiger partial charge in [-0.3, -0.25) is 0 Å².